The number of benzene rings is 2. The quantitative estimate of drug-likeness (QED) is 0.765. The lowest BCUT2D eigenvalue weighted by atomic mass is 10.2. The van der Waals surface area contributed by atoms with E-state index < -0.39 is 0 Å². The Bertz CT molecular complexity index is 761. The Morgan fingerprint density at radius 1 is 1.04 bits per heavy atom. The molecule has 2 amide bonds. The summed E-state index contributed by atoms with van der Waals surface area (Å²) in [4.78, 5) is 28.0. The third-order valence-corrected chi connectivity index (χ3v) is 4.32. The number of amides is 2. The van der Waals surface area contributed by atoms with Crippen LogP contribution in [0.25, 0.3) is 0 Å². The lowest BCUT2D eigenvalue weighted by Gasteiger charge is -2.25. The molecule has 0 radical (unpaired) electrons. The van der Waals surface area contributed by atoms with Crippen LogP contribution in [-0.2, 0) is 9.59 Å². The molecule has 0 aliphatic carbocycles. The fourth-order valence-electron chi connectivity index (χ4n) is 2.76. The van der Waals surface area contributed by atoms with Crippen molar-refractivity contribution in [3.63, 3.8) is 0 Å². The van der Waals surface area contributed by atoms with Gasteiger partial charge in [-0.05, 0) is 43.7 Å². The second-order valence-electron chi connectivity index (χ2n) is 5.85. The Balaban J connectivity index is 2.13. The van der Waals surface area contributed by atoms with E-state index in [2.05, 4.69) is 0 Å². The minimum absolute atomic E-state index is 0.0218. The van der Waals surface area contributed by atoms with Gasteiger partial charge in [0.1, 0.15) is 0 Å². The molecule has 0 bridgehead atoms. The average molecular weight is 359 g/mol. The highest BCUT2D eigenvalue weighted by molar-refractivity contribution is 6.33. The fourth-order valence-corrected chi connectivity index (χ4v) is 3.00. The average Bonchev–Trinajstić information content (AvgIpc) is 2.57. The van der Waals surface area contributed by atoms with E-state index in [1.54, 1.807) is 21.9 Å². The summed E-state index contributed by atoms with van der Waals surface area (Å²) in [6.07, 6.45) is 0.229. The first-order valence-corrected chi connectivity index (χ1v) is 8.71. The van der Waals surface area contributed by atoms with E-state index in [9.17, 15) is 9.59 Å². The van der Waals surface area contributed by atoms with Crippen LogP contribution >= 0.6 is 11.6 Å². The maximum absolute atomic E-state index is 12.7. The molecule has 0 aromatic heterocycles. The van der Waals surface area contributed by atoms with Crippen LogP contribution in [0.5, 0.6) is 0 Å². The summed E-state index contributed by atoms with van der Waals surface area (Å²) in [6.45, 7) is 6.29. The zero-order valence-electron chi connectivity index (χ0n) is 14.8. The molecule has 0 heterocycles. The number of anilines is 2. The number of aryl methyl sites for hydroxylation is 1. The SMILES string of the molecule is CCN(C(=O)CCN(C(C)=O)c1ccccc1Cl)c1cccc(C)c1. The van der Waals surface area contributed by atoms with Crippen LogP contribution in [0, 0.1) is 6.92 Å². The molecule has 0 saturated heterocycles. The molecule has 0 N–H and O–H groups in total. The molecule has 0 aliphatic rings. The third kappa shape index (κ3) is 4.83. The van der Waals surface area contributed by atoms with Crippen LogP contribution in [0.1, 0.15) is 25.8 Å². The maximum Gasteiger partial charge on any atom is 0.228 e. The van der Waals surface area contributed by atoms with Gasteiger partial charge in [0.05, 0.1) is 10.7 Å². The van der Waals surface area contributed by atoms with Gasteiger partial charge in [0.15, 0.2) is 0 Å². The minimum Gasteiger partial charge on any atom is -0.313 e. The van der Waals surface area contributed by atoms with E-state index >= 15 is 0 Å². The normalized spacial score (nSPS) is 10.4. The first kappa shape index (κ1) is 19.0. The van der Waals surface area contributed by atoms with Crippen LogP contribution in [0.4, 0.5) is 11.4 Å². The summed E-state index contributed by atoms with van der Waals surface area (Å²) >= 11 is 6.19. The molecular weight excluding hydrogens is 336 g/mol. The second kappa shape index (κ2) is 8.67. The summed E-state index contributed by atoms with van der Waals surface area (Å²) in [7, 11) is 0. The van der Waals surface area contributed by atoms with Crippen LogP contribution in [0.15, 0.2) is 48.5 Å². The summed E-state index contributed by atoms with van der Waals surface area (Å²) < 4.78 is 0. The van der Waals surface area contributed by atoms with Gasteiger partial charge in [-0.2, -0.15) is 0 Å². The van der Waals surface area contributed by atoms with E-state index in [0.717, 1.165) is 11.3 Å². The van der Waals surface area contributed by atoms with Gasteiger partial charge in [-0.15, -0.1) is 0 Å². The monoisotopic (exact) mass is 358 g/mol. The zero-order chi connectivity index (χ0) is 18.4. The van der Waals surface area contributed by atoms with E-state index in [1.165, 1.54) is 6.92 Å². The van der Waals surface area contributed by atoms with Crippen molar-refractivity contribution in [2.24, 2.45) is 0 Å². The first-order valence-electron chi connectivity index (χ1n) is 8.33. The van der Waals surface area contributed by atoms with Crippen LogP contribution in [-0.4, -0.2) is 24.9 Å². The molecule has 4 nitrogen and oxygen atoms in total. The van der Waals surface area contributed by atoms with Crippen LogP contribution in [0.2, 0.25) is 5.02 Å². The minimum atomic E-state index is -0.139. The van der Waals surface area contributed by atoms with Gasteiger partial charge in [-0.1, -0.05) is 35.9 Å². The van der Waals surface area contributed by atoms with Crippen LogP contribution < -0.4 is 9.80 Å². The Kier molecular flexibility index (Phi) is 6.59. The van der Waals surface area contributed by atoms with Crippen LogP contribution in [0.3, 0.4) is 0 Å². The van der Waals surface area contributed by atoms with Crippen molar-refractivity contribution >= 4 is 34.8 Å². The zero-order valence-corrected chi connectivity index (χ0v) is 15.6. The van der Waals surface area contributed by atoms with Crippen molar-refractivity contribution in [2.75, 3.05) is 22.9 Å². The Morgan fingerprint density at radius 2 is 1.76 bits per heavy atom. The number of rotatable bonds is 6. The van der Waals surface area contributed by atoms with Crippen molar-refractivity contribution in [3.8, 4) is 0 Å². The van der Waals surface area contributed by atoms with Crippen molar-refractivity contribution in [2.45, 2.75) is 27.2 Å². The van der Waals surface area contributed by atoms with Gasteiger partial charge in [0, 0.05) is 32.1 Å². The van der Waals surface area contributed by atoms with Crippen molar-refractivity contribution in [1.82, 2.24) is 0 Å². The second-order valence-corrected chi connectivity index (χ2v) is 6.26. The number of para-hydroxylation sites is 1. The predicted octanol–water partition coefficient (Wildman–Crippen LogP) is 4.44. The molecule has 2 aromatic rings. The van der Waals surface area contributed by atoms with Gasteiger partial charge in [0.25, 0.3) is 0 Å². The predicted molar refractivity (Wildman–Crippen MR) is 103 cm³/mol. The van der Waals surface area contributed by atoms with E-state index in [0.29, 0.717) is 23.8 Å². The largest absolute Gasteiger partial charge is 0.313 e. The lowest BCUT2D eigenvalue weighted by Crippen LogP contribution is -2.36. The number of hydrogen-bond donors (Lipinski definition) is 0. The molecule has 2 aromatic carbocycles. The number of halogens is 1. The summed E-state index contributed by atoms with van der Waals surface area (Å²) in [5, 5.41) is 0.496. The van der Waals surface area contributed by atoms with Gasteiger partial charge >= 0.3 is 0 Å². The number of hydrogen-bond acceptors (Lipinski definition) is 2. The molecule has 0 saturated carbocycles. The van der Waals surface area contributed by atoms with Gasteiger partial charge in [-0.25, -0.2) is 0 Å². The molecule has 2 rings (SSSR count). The number of carbonyl (C=O) groups is 2. The highest BCUT2D eigenvalue weighted by Crippen LogP contribution is 2.26. The summed E-state index contributed by atoms with van der Waals surface area (Å²) in [5.41, 5.74) is 2.60. The fraction of sp³-hybridized carbons (Fsp3) is 0.300. The molecule has 0 unspecified atom stereocenters. The van der Waals surface area contributed by atoms with E-state index in [1.807, 2.05) is 50.2 Å². The van der Waals surface area contributed by atoms with E-state index in [4.69, 9.17) is 11.6 Å². The topological polar surface area (TPSA) is 40.6 Å². The van der Waals surface area contributed by atoms with Crippen molar-refractivity contribution in [3.05, 3.63) is 59.1 Å². The van der Waals surface area contributed by atoms with Gasteiger partial charge < -0.3 is 9.80 Å². The molecule has 132 valence electrons. The number of carbonyl (C=O) groups excluding carboxylic acids is 2. The highest BCUT2D eigenvalue weighted by Gasteiger charge is 2.19. The first-order chi connectivity index (χ1) is 11.9. The van der Waals surface area contributed by atoms with Crippen molar-refractivity contribution in [1.29, 1.82) is 0 Å². The molecule has 0 aliphatic heterocycles. The van der Waals surface area contributed by atoms with Gasteiger partial charge in [0.2, 0.25) is 11.8 Å². The highest BCUT2D eigenvalue weighted by atomic mass is 35.5. The molecule has 0 spiro atoms. The van der Waals surface area contributed by atoms with E-state index in [-0.39, 0.29) is 18.2 Å². The Labute approximate surface area is 154 Å². The van der Waals surface area contributed by atoms with Crippen molar-refractivity contribution < 1.29 is 9.59 Å². The molecule has 25 heavy (non-hydrogen) atoms. The number of nitrogens with zero attached hydrogens (tertiary/aromatic N) is 2. The molecule has 0 atom stereocenters. The standard InChI is InChI=1S/C20H23ClN2O2/c1-4-22(17-9-7-8-15(2)14-17)20(25)12-13-23(16(3)24)19-11-6-5-10-18(19)21/h5-11,14H,4,12-13H2,1-3H3. The maximum atomic E-state index is 12.7. The third-order valence-electron chi connectivity index (χ3n) is 4.00. The lowest BCUT2D eigenvalue weighted by molar-refractivity contribution is -0.118. The summed E-state index contributed by atoms with van der Waals surface area (Å²) in [5.74, 6) is -0.161. The smallest absolute Gasteiger partial charge is 0.228 e. The Hall–Kier alpha value is -2.33. The molecule has 0 fully saturated rings. The molecule has 5 heteroatoms. The summed E-state index contributed by atoms with van der Waals surface area (Å²) in [6, 6.07) is 15.0. The Morgan fingerprint density at radius 3 is 2.36 bits per heavy atom. The van der Waals surface area contributed by atoms with Gasteiger partial charge in [-0.3, -0.25) is 9.59 Å². The molecular formula is C20H23ClN2O2.